The average molecular weight is 909 g/mol. The number of aromatic hydroxyl groups is 1. The van der Waals surface area contributed by atoms with Crippen LogP contribution in [0.3, 0.4) is 0 Å². The van der Waals surface area contributed by atoms with Gasteiger partial charge in [-0.15, -0.1) is 0 Å². The summed E-state index contributed by atoms with van der Waals surface area (Å²) in [5.41, 5.74) is 7.01. The predicted molar refractivity (Wildman–Crippen MR) is 252 cm³/mol. The Labute approximate surface area is 392 Å². The van der Waals surface area contributed by atoms with Gasteiger partial charge in [0.2, 0.25) is 11.8 Å². The normalized spacial score (nSPS) is 22.4. The maximum atomic E-state index is 16.5. The molecular weight excluding hydrogens is 861 g/mol. The molecular formula is C54H48N6O8. The number of phenols is 1. The topological polar surface area (TPSA) is 204 Å². The van der Waals surface area contributed by atoms with E-state index in [-0.39, 0.29) is 30.1 Å². The number of imide groups is 1. The van der Waals surface area contributed by atoms with Gasteiger partial charge in [-0.2, -0.15) is 0 Å². The van der Waals surface area contributed by atoms with Crippen molar-refractivity contribution in [1.29, 1.82) is 0 Å². The molecule has 14 nitrogen and oxygen atoms in total. The molecule has 3 aliphatic rings. The highest BCUT2D eigenvalue weighted by molar-refractivity contribution is 6.24. The zero-order chi connectivity index (χ0) is 47.5. The predicted octanol–water partition coefficient (Wildman–Crippen LogP) is 6.40. The number of benzene rings is 6. The number of nitrogens with one attached hydrogen (secondary N) is 3. The van der Waals surface area contributed by atoms with Gasteiger partial charge in [-0.3, -0.25) is 19.3 Å². The number of esters is 1. The van der Waals surface area contributed by atoms with Crippen LogP contribution in [0.4, 0.5) is 15.3 Å². The van der Waals surface area contributed by atoms with Crippen molar-refractivity contribution in [2.24, 2.45) is 11.7 Å². The molecule has 8 unspecified atom stereocenters. The first-order valence-corrected chi connectivity index (χ1v) is 22.2. The SMILES string of the molecule is CC(NC(=O)N1C(=O)C2(c3cc(C#CCNC(N)=O)ccc31)C(C(=O)NCC(O)c1ccccc1)C1C(=O)OC(c3ccccc3)C(c3ccccc3)N1C2c1ccc(O)cc1)c1ccccc1. The number of aliphatic hydroxyl groups is 1. The van der Waals surface area contributed by atoms with Gasteiger partial charge < -0.3 is 36.6 Å². The Balaban J connectivity index is 1.31. The Kier molecular flexibility index (Phi) is 12.5. The molecule has 1 spiro atoms. The number of morpholine rings is 1. The molecule has 6 aromatic carbocycles. The number of hydrogen-bond acceptors (Lipinski definition) is 9. The van der Waals surface area contributed by atoms with Crippen molar-refractivity contribution in [3.8, 4) is 17.6 Å². The van der Waals surface area contributed by atoms with Crippen molar-refractivity contribution in [3.63, 3.8) is 0 Å². The Morgan fingerprint density at radius 2 is 1.35 bits per heavy atom. The number of cyclic esters (lactones) is 1. The number of aliphatic hydroxyl groups excluding tert-OH is 1. The van der Waals surface area contributed by atoms with Gasteiger partial charge in [0.1, 0.15) is 23.3 Å². The fourth-order valence-corrected chi connectivity index (χ4v) is 10.1. The van der Waals surface area contributed by atoms with Crippen molar-refractivity contribution >= 4 is 35.5 Å². The molecule has 0 aromatic heterocycles. The second kappa shape index (κ2) is 18.9. The number of nitrogens with zero attached hydrogens (tertiary/aromatic N) is 2. The molecule has 9 rings (SSSR count). The minimum absolute atomic E-state index is 0.0717. The number of fused-ring (bicyclic) bond motifs is 3. The van der Waals surface area contributed by atoms with Gasteiger partial charge in [0.05, 0.1) is 42.4 Å². The lowest BCUT2D eigenvalue weighted by Crippen LogP contribution is -2.56. The monoisotopic (exact) mass is 908 g/mol. The highest BCUT2D eigenvalue weighted by Gasteiger charge is 2.75. The fraction of sp³-hybridized carbons (Fsp3) is 0.204. The Morgan fingerprint density at radius 1 is 0.750 bits per heavy atom. The van der Waals surface area contributed by atoms with Crippen LogP contribution in [-0.2, 0) is 24.5 Å². The molecule has 342 valence electrons. The first-order valence-electron chi connectivity index (χ1n) is 22.2. The lowest BCUT2D eigenvalue weighted by molar-refractivity contribution is -0.178. The molecule has 3 heterocycles. The van der Waals surface area contributed by atoms with E-state index in [1.807, 2.05) is 95.9 Å². The number of rotatable bonds is 10. The van der Waals surface area contributed by atoms with Gasteiger partial charge >= 0.3 is 18.0 Å². The van der Waals surface area contributed by atoms with Gasteiger partial charge in [-0.1, -0.05) is 145 Å². The number of phenolic OH excluding ortho intramolecular Hbond substituents is 1. The lowest BCUT2D eigenvalue weighted by atomic mass is 9.65. The summed E-state index contributed by atoms with van der Waals surface area (Å²) in [5, 5.41) is 30.5. The first kappa shape index (κ1) is 44.9. The zero-order valence-electron chi connectivity index (χ0n) is 36.9. The van der Waals surface area contributed by atoms with Crippen molar-refractivity contribution < 1.29 is 38.9 Å². The first-order chi connectivity index (χ1) is 33.0. The number of anilines is 1. The molecule has 0 bridgehead atoms. The van der Waals surface area contributed by atoms with Crippen LogP contribution in [0, 0.1) is 17.8 Å². The smallest absolute Gasteiger partial charge is 0.329 e. The average Bonchev–Trinajstić information content (AvgIpc) is 3.82. The molecule has 3 aliphatic heterocycles. The van der Waals surface area contributed by atoms with E-state index in [2.05, 4.69) is 27.8 Å². The molecule has 14 heteroatoms. The summed E-state index contributed by atoms with van der Waals surface area (Å²) in [4.78, 5) is 76.9. The summed E-state index contributed by atoms with van der Waals surface area (Å²) in [6.07, 6.45) is -2.14. The van der Waals surface area contributed by atoms with E-state index in [9.17, 15) is 19.8 Å². The van der Waals surface area contributed by atoms with E-state index < -0.39 is 77.6 Å². The second-order valence-corrected chi connectivity index (χ2v) is 17.0. The van der Waals surface area contributed by atoms with Gasteiger partial charge in [0, 0.05) is 12.1 Å². The maximum absolute atomic E-state index is 16.5. The minimum Gasteiger partial charge on any atom is -0.508 e. The summed E-state index contributed by atoms with van der Waals surface area (Å²) in [5.74, 6) is 1.83. The molecule has 7 N–H and O–H groups in total. The Bertz CT molecular complexity index is 2910. The molecule has 0 saturated carbocycles. The highest BCUT2D eigenvalue weighted by atomic mass is 16.6. The zero-order valence-corrected chi connectivity index (χ0v) is 36.9. The molecule has 6 aromatic rings. The van der Waals surface area contributed by atoms with E-state index in [0.29, 0.717) is 27.8 Å². The fourth-order valence-electron chi connectivity index (χ4n) is 10.1. The third-order valence-corrected chi connectivity index (χ3v) is 13.0. The van der Waals surface area contributed by atoms with E-state index in [4.69, 9.17) is 10.5 Å². The van der Waals surface area contributed by atoms with Gasteiger partial charge in [-0.25, -0.2) is 14.5 Å². The van der Waals surface area contributed by atoms with E-state index in [1.165, 1.54) is 12.1 Å². The van der Waals surface area contributed by atoms with Crippen molar-refractivity contribution in [3.05, 3.63) is 203 Å². The Hall–Kier alpha value is -8.25. The largest absolute Gasteiger partial charge is 0.508 e. The Morgan fingerprint density at radius 3 is 1.99 bits per heavy atom. The lowest BCUT2D eigenvalue weighted by Gasteiger charge is -2.46. The van der Waals surface area contributed by atoms with Gasteiger partial charge in [0.25, 0.3) is 0 Å². The van der Waals surface area contributed by atoms with Crippen LogP contribution in [-0.4, -0.2) is 64.1 Å². The summed E-state index contributed by atoms with van der Waals surface area (Å²) in [6.45, 7) is 1.39. The number of carbonyl (C=O) groups is 5. The molecule has 8 atom stereocenters. The number of hydrogen-bond donors (Lipinski definition) is 6. The third-order valence-electron chi connectivity index (χ3n) is 13.0. The summed E-state index contributed by atoms with van der Waals surface area (Å²) >= 11 is 0. The van der Waals surface area contributed by atoms with Crippen LogP contribution in [0.1, 0.15) is 76.2 Å². The number of carbonyl (C=O) groups excluding carboxylic acids is 5. The van der Waals surface area contributed by atoms with Crippen LogP contribution in [0.2, 0.25) is 0 Å². The van der Waals surface area contributed by atoms with E-state index >= 15 is 14.4 Å². The van der Waals surface area contributed by atoms with E-state index in [0.717, 1.165) is 10.5 Å². The minimum atomic E-state index is -2.12. The second-order valence-electron chi connectivity index (χ2n) is 17.0. The maximum Gasteiger partial charge on any atom is 0.329 e. The number of nitrogens with two attached hydrogens (primary N) is 1. The van der Waals surface area contributed by atoms with Crippen LogP contribution < -0.4 is 26.6 Å². The van der Waals surface area contributed by atoms with Crippen LogP contribution in [0.25, 0.3) is 0 Å². The number of amides is 6. The van der Waals surface area contributed by atoms with Crippen LogP contribution in [0.5, 0.6) is 5.75 Å². The van der Waals surface area contributed by atoms with Gasteiger partial charge in [0.15, 0.2) is 0 Å². The number of ether oxygens (including phenoxy) is 1. The molecule has 6 amide bonds. The highest BCUT2D eigenvalue weighted by Crippen LogP contribution is 2.66. The quantitative estimate of drug-likeness (QED) is 0.0665. The molecule has 68 heavy (non-hydrogen) atoms. The van der Waals surface area contributed by atoms with Crippen molar-refractivity contribution in [2.75, 3.05) is 18.0 Å². The van der Waals surface area contributed by atoms with Gasteiger partial charge in [-0.05, 0) is 70.6 Å². The number of urea groups is 2. The summed E-state index contributed by atoms with van der Waals surface area (Å²) in [7, 11) is 0. The number of primary amides is 1. The third kappa shape index (κ3) is 8.18. The standard InChI is InChI=1S/C54H48N6O8/c1-33(35-16-6-2-7-17-35)58-53(67)59-42-29-24-34(15-14-30-56-52(55)66)31-41(42)54(51(59)65)44(49(63)57-32-43(62)36-18-8-3-9-19-36)46-50(64)68-47(38-22-12-5-13-23-38)45(37-20-10-4-11-21-37)60(46)48(54)39-25-27-40(61)28-26-39/h2-13,16-29,31,33,43-48,61-62H,30,32H2,1H3,(H,57,63)(H,58,67)(H3,55,56,66). The molecule has 2 fully saturated rings. The van der Waals surface area contributed by atoms with Crippen LogP contribution >= 0.6 is 0 Å². The molecule has 0 aliphatic carbocycles. The molecule has 2 saturated heterocycles. The van der Waals surface area contributed by atoms with Crippen molar-refractivity contribution in [1.82, 2.24) is 20.9 Å². The van der Waals surface area contributed by atoms with Crippen molar-refractivity contribution in [2.45, 2.75) is 48.7 Å². The molecule has 0 radical (unpaired) electrons. The summed E-state index contributed by atoms with van der Waals surface area (Å²) in [6, 6.07) is 41.9. The van der Waals surface area contributed by atoms with Crippen LogP contribution in [0.15, 0.2) is 164 Å². The van der Waals surface area contributed by atoms with E-state index in [1.54, 1.807) is 67.6 Å². The summed E-state index contributed by atoms with van der Waals surface area (Å²) < 4.78 is 6.52.